The van der Waals surface area contributed by atoms with Crippen LogP contribution in [0.15, 0.2) is 36.4 Å². The number of hydrogen-bond acceptors (Lipinski definition) is 4. The summed E-state index contributed by atoms with van der Waals surface area (Å²) in [6.07, 6.45) is 2.75. The number of carbonyl (C=O) groups excluding carboxylic acids is 3. The van der Waals surface area contributed by atoms with Crippen molar-refractivity contribution in [2.75, 3.05) is 17.2 Å². The fourth-order valence-electron chi connectivity index (χ4n) is 1.40. The Labute approximate surface area is 116 Å². The Balaban J connectivity index is 2.53. The molecular weight excluding hydrogens is 260 g/mol. The van der Waals surface area contributed by atoms with E-state index in [9.17, 15) is 14.4 Å². The molecule has 0 aromatic heterocycles. The zero-order valence-corrected chi connectivity index (χ0v) is 11.3. The molecule has 1 aromatic carbocycles. The van der Waals surface area contributed by atoms with Crippen LogP contribution in [0.1, 0.15) is 13.8 Å². The Morgan fingerprint density at radius 2 is 1.85 bits per heavy atom. The Kier molecular flexibility index (Phi) is 5.96. The van der Waals surface area contributed by atoms with Crippen LogP contribution in [0, 0.1) is 0 Å². The first-order valence-corrected chi connectivity index (χ1v) is 5.98. The van der Waals surface area contributed by atoms with Crippen molar-refractivity contribution in [3.05, 3.63) is 36.4 Å². The number of amides is 2. The van der Waals surface area contributed by atoms with E-state index in [1.807, 2.05) is 0 Å². The van der Waals surface area contributed by atoms with Gasteiger partial charge in [-0.3, -0.25) is 9.59 Å². The van der Waals surface area contributed by atoms with Crippen LogP contribution in [0.5, 0.6) is 0 Å². The maximum Gasteiger partial charge on any atom is 0.330 e. The topological polar surface area (TPSA) is 84.5 Å². The fourth-order valence-corrected chi connectivity index (χ4v) is 1.40. The molecule has 6 nitrogen and oxygen atoms in total. The predicted molar refractivity (Wildman–Crippen MR) is 75.1 cm³/mol. The van der Waals surface area contributed by atoms with Gasteiger partial charge in [0, 0.05) is 24.4 Å². The van der Waals surface area contributed by atoms with Crippen LogP contribution in [0.4, 0.5) is 11.4 Å². The van der Waals surface area contributed by atoms with Gasteiger partial charge in [0.05, 0.1) is 0 Å². The third kappa shape index (κ3) is 5.81. The Bertz CT molecular complexity index is 538. The van der Waals surface area contributed by atoms with Gasteiger partial charge in [0.2, 0.25) is 5.91 Å². The van der Waals surface area contributed by atoms with Crippen molar-refractivity contribution in [1.29, 1.82) is 0 Å². The molecule has 6 heteroatoms. The van der Waals surface area contributed by atoms with Crippen molar-refractivity contribution in [3.8, 4) is 0 Å². The van der Waals surface area contributed by atoms with E-state index in [1.54, 1.807) is 31.2 Å². The highest BCUT2D eigenvalue weighted by Crippen LogP contribution is 2.14. The first kappa shape index (κ1) is 15.4. The molecule has 0 aliphatic rings. The lowest BCUT2D eigenvalue weighted by atomic mass is 10.2. The lowest BCUT2D eigenvalue weighted by molar-refractivity contribution is -0.142. The Morgan fingerprint density at radius 1 is 1.20 bits per heavy atom. The van der Waals surface area contributed by atoms with Crippen molar-refractivity contribution in [2.45, 2.75) is 13.8 Å². The standard InChI is InChI=1S/C14H16N2O4/c1-3-5-14(19)20-9-13(18)16-12-7-4-6-11(8-12)15-10(2)17/h3-8H,9H2,1-2H3,(H,15,17)(H,16,18)/b5-3+. The summed E-state index contributed by atoms with van der Waals surface area (Å²) >= 11 is 0. The summed E-state index contributed by atoms with van der Waals surface area (Å²) in [5.74, 6) is -1.23. The summed E-state index contributed by atoms with van der Waals surface area (Å²) in [4.78, 5) is 33.5. The van der Waals surface area contributed by atoms with Gasteiger partial charge in [0.15, 0.2) is 6.61 Å². The van der Waals surface area contributed by atoms with E-state index in [4.69, 9.17) is 4.74 Å². The van der Waals surface area contributed by atoms with Gasteiger partial charge in [-0.1, -0.05) is 12.1 Å². The van der Waals surface area contributed by atoms with E-state index in [0.717, 1.165) is 0 Å². The molecule has 0 bridgehead atoms. The van der Waals surface area contributed by atoms with Crippen molar-refractivity contribution in [1.82, 2.24) is 0 Å². The summed E-state index contributed by atoms with van der Waals surface area (Å²) in [5, 5.41) is 5.16. The minimum absolute atomic E-state index is 0.200. The highest BCUT2D eigenvalue weighted by Gasteiger charge is 2.06. The van der Waals surface area contributed by atoms with Crippen molar-refractivity contribution in [3.63, 3.8) is 0 Å². The van der Waals surface area contributed by atoms with Crippen LogP contribution in [-0.2, 0) is 19.1 Å². The molecule has 0 aliphatic carbocycles. The SMILES string of the molecule is C/C=C/C(=O)OCC(=O)Nc1cccc(NC(C)=O)c1. The normalized spacial score (nSPS) is 10.1. The minimum atomic E-state index is -0.574. The maximum absolute atomic E-state index is 11.6. The zero-order valence-electron chi connectivity index (χ0n) is 11.3. The molecule has 1 rings (SSSR count). The van der Waals surface area contributed by atoms with Crippen LogP contribution in [0.2, 0.25) is 0 Å². The smallest absolute Gasteiger partial charge is 0.330 e. The van der Waals surface area contributed by atoms with Gasteiger partial charge in [0.1, 0.15) is 0 Å². The van der Waals surface area contributed by atoms with Gasteiger partial charge in [-0.25, -0.2) is 4.79 Å². The Hall–Kier alpha value is -2.63. The van der Waals surface area contributed by atoms with Crippen LogP contribution >= 0.6 is 0 Å². The molecule has 2 amide bonds. The van der Waals surface area contributed by atoms with Crippen molar-refractivity contribution in [2.24, 2.45) is 0 Å². The number of esters is 1. The molecule has 0 unspecified atom stereocenters. The molecule has 0 saturated heterocycles. The molecule has 106 valence electrons. The van der Waals surface area contributed by atoms with Crippen LogP contribution < -0.4 is 10.6 Å². The lowest BCUT2D eigenvalue weighted by Gasteiger charge is -2.07. The lowest BCUT2D eigenvalue weighted by Crippen LogP contribution is -2.20. The number of hydrogen-bond donors (Lipinski definition) is 2. The van der Waals surface area contributed by atoms with Crippen LogP contribution in [0.25, 0.3) is 0 Å². The summed E-state index contributed by atoms with van der Waals surface area (Å²) in [5.41, 5.74) is 1.07. The number of benzene rings is 1. The van der Waals surface area contributed by atoms with E-state index >= 15 is 0 Å². The number of rotatable bonds is 5. The summed E-state index contributed by atoms with van der Waals surface area (Å²) in [6.45, 7) is 2.70. The second-order valence-electron chi connectivity index (χ2n) is 3.92. The van der Waals surface area contributed by atoms with Gasteiger partial charge >= 0.3 is 5.97 Å². The summed E-state index contributed by atoms with van der Waals surface area (Å²) in [7, 11) is 0. The average molecular weight is 276 g/mol. The van der Waals surface area contributed by atoms with Crippen LogP contribution in [0.3, 0.4) is 0 Å². The van der Waals surface area contributed by atoms with Gasteiger partial charge in [0.25, 0.3) is 5.91 Å². The highest BCUT2D eigenvalue weighted by atomic mass is 16.5. The quantitative estimate of drug-likeness (QED) is 0.633. The molecule has 2 N–H and O–H groups in total. The van der Waals surface area contributed by atoms with E-state index in [1.165, 1.54) is 19.1 Å². The van der Waals surface area contributed by atoms with E-state index in [2.05, 4.69) is 10.6 Å². The fraction of sp³-hybridized carbons (Fsp3) is 0.214. The molecule has 0 atom stereocenters. The summed E-state index contributed by atoms with van der Waals surface area (Å²) < 4.78 is 4.70. The van der Waals surface area contributed by atoms with E-state index < -0.39 is 11.9 Å². The third-order valence-corrected chi connectivity index (χ3v) is 2.11. The maximum atomic E-state index is 11.6. The number of anilines is 2. The van der Waals surface area contributed by atoms with Crippen molar-refractivity contribution < 1.29 is 19.1 Å². The minimum Gasteiger partial charge on any atom is -0.452 e. The Morgan fingerprint density at radius 3 is 2.45 bits per heavy atom. The van der Waals surface area contributed by atoms with Gasteiger partial charge < -0.3 is 15.4 Å². The summed E-state index contributed by atoms with van der Waals surface area (Å²) in [6, 6.07) is 6.65. The van der Waals surface area contributed by atoms with E-state index in [-0.39, 0.29) is 12.5 Å². The molecule has 0 spiro atoms. The van der Waals surface area contributed by atoms with Gasteiger partial charge in [-0.15, -0.1) is 0 Å². The largest absolute Gasteiger partial charge is 0.452 e. The second kappa shape index (κ2) is 7.73. The number of carbonyl (C=O) groups is 3. The second-order valence-corrected chi connectivity index (χ2v) is 3.92. The molecule has 0 fully saturated rings. The number of allylic oxidation sites excluding steroid dienone is 1. The molecule has 1 aromatic rings. The molecular formula is C14H16N2O4. The molecule has 20 heavy (non-hydrogen) atoms. The first-order valence-electron chi connectivity index (χ1n) is 5.98. The monoisotopic (exact) mass is 276 g/mol. The van der Waals surface area contributed by atoms with Gasteiger partial charge in [-0.05, 0) is 25.1 Å². The molecule has 0 aliphatic heterocycles. The third-order valence-electron chi connectivity index (χ3n) is 2.11. The number of ether oxygens (including phenoxy) is 1. The average Bonchev–Trinajstić information content (AvgIpc) is 2.36. The van der Waals surface area contributed by atoms with Crippen molar-refractivity contribution >= 4 is 29.2 Å². The van der Waals surface area contributed by atoms with Gasteiger partial charge in [-0.2, -0.15) is 0 Å². The zero-order chi connectivity index (χ0) is 15.0. The van der Waals surface area contributed by atoms with Crippen LogP contribution in [-0.4, -0.2) is 24.4 Å². The number of nitrogens with one attached hydrogen (secondary N) is 2. The molecule has 0 radical (unpaired) electrons. The predicted octanol–water partition coefficient (Wildman–Crippen LogP) is 1.70. The van der Waals surface area contributed by atoms with E-state index in [0.29, 0.717) is 11.4 Å². The highest BCUT2D eigenvalue weighted by molar-refractivity contribution is 5.95. The first-order chi connectivity index (χ1) is 9.51. The molecule has 0 heterocycles. The molecule has 0 saturated carbocycles.